The summed E-state index contributed by atoms with van der Waals surface area (Å²) in [5.41, 5.74) is 0. The quantitative estimate of drug-likeness (QED) is 0.0420. The molecule has 390 valence electrons. The number of allylic oxidation sites excluding steroid dienone is 18. The molecule has 0 aliphatic carbocycles. The molecular weight excluding hydrogens is 831 g/mol. The van der Waals surface area contributed by atoms with E-state index in [2.05, 4.69) is 129 Å². The Labute approximate surface area is 423 Å². The van der Waals surface area contributed by atoms with Gasteiger partial charge in [-0.25, -0.2) is 0 Å². The third-order valence-electron chi connectivity index (χ3n) is 12.8. The van der Waals surface area contributed by atoms with Crippen LogP contribution in [-0.4, -0.2) is 34.9 Å². The van der Waals surface area contributed by atoms with Gasteiger partial charge in [0.1, 0.15) is 0 Å². The van der Waals surface area contributed by atoms with E-state index in [1.165, 1.54) is 161 Å². The van der Waals surface area contributed by atoms with Crippen molar-refractivity contribution in [1.29, 1.82) is 0 Å². The number of nitrogens with one attached hydrogen (secondary N) is 1. The second-order valence-corrected chi connectivity index (χ2v) is 19.3. The summed E-state index contributed by atoms with van der Waals surface area (Å²) in [5.74, 6) is -0.0904. The molecule has 1 amide bonds. The minimum atomic E-state index is -0.693. The van der Waals surface area contributed by atoms with Crippen LogP contribution in [0.2, 0.25) is 0 Å². The second-order valence-electron chi connectivity index (χ2n) is 19.3. The summed E-state index contributed by atoms with van der Waals surface area (Å²) in [6, 6.07) is -0.577. The molecular formula is C64H111NO3. The largest absolute Gasteiger partial charge is 0.394 e. The van der Waals surface area contributed by atoms with Gasteiger partial charge in [-0.15, -0.1) is 0 Å². The standard InChI is InChI=1S/C64H111NO3/c1-3-5-7-9-11-13-15-17-19-21-23-25-27-29-31-32-34-36-38-40-42-44-46-48-50-52-54-56-58-60-64(68)65-62(61-66)63(67)59-57-55-53-51-49-47-45-43-41-39-37-35-33-30-28-26-24-22-20-18-16-14-12-10-8-6-4-2/h5,7,11,13,17,19,23,25,29,31,34,36,40,42,46,48,52,54,62-63,66-67H,3-4,6,8-10,12,14-16,18,20-22,24,26-28,30,32-33,35,37-39,41,43-45,47,49-51,53,55-61H2,1-2H3,(H,65,68)/b7-5-,13-11-,19-17-,25-23-,31-29-,36-34-,42-40-,48-46-,54-52-. The van der Waals surface area contributed by atoms with Gasteiger partial charge in [0.25, 0.3) is 0 Å². The van der Waals surface area contributed by atoms with E-state index >= 15 is 0 Å². The summed E-state index contributed by atoms with van der Waals surface area (Å²) >= 11 is 0. The van der Waals surface area contributed by atoms with Crippen LogP contribution in [0.15, 0.2) is 109 Å². The maximum atomic E-state index is 12.5. The van der Waals surface area contributed by atoms with Gasteiger partial charge in [-0.1, -0.05) is 297 Å². The van der Waals surface area contributed by atoms with Crippen LogP contribution in [0, 0.1) is 0 Å². The van der Waals surface area contributed by atoms with E-state index in [9.17, 15) is 15.0 Å². The van der Waals surface area contributed by atoms with Gasteiger partial charge in [-0.3, -0.25) is 4.79 Å². The van der Waals surface area contributed by atoms with Crippen molar-refractivity contribution in [3.8, 4) is 0 Å². The van der Waals surface area contributed by atoms with E-state index in [0.29, 0.717) is 12.8 Å². The molecule has 3 N–H and O–H groups in total. The Hall–Kier alpha value is -2.95. The van der Waals surface area contributed by atoms with Crippen LogP contribution in [0.5, 0.6) is 0 Å². The molecule has 0 spiro atoms. The Kier molecular flexibility index (Phi) is 55.8. The van der Waals surface area contributed by atoms with Crippen molar-refractivity contribution < 1.29 is 15.0 Å². The maximum Gasteiger partial charge on any atom is 0.220 e. The van der Waals surface area contributed by atoms with Gasteiger partial charge in [0.05, 0.1) is 18.8 Å². The first-order chi connectivity index (χ1) is 33.7. The lowest BCUT2D eigenvalue weighted by Gasteiger charge is -2.22. The first-order valence-electron chi connectivity index (χ1n) is 29.1. The van der Waals surface area contributed by atoms with Gasteiger partial charge in [0, 0.05) is 6.42 Å². The van der Waals surface area contributed by atoms with E-state index in [1.54, 1.807) is 0 Å². The van der Waals surface area contributed by atoms with Crippen LogP contribution < -0.4 is 5.32 Å². The van der Waals surface area contributed by atoms with Gasteiger partial charge in [0.2, 0.25) is 5.91 Å². The van der Waals surface area contributed by atoms with Crippen molar-refractivity contribution in [2.45, 2.75) is 283 Å². The molecule has 0 radical (unpaired) electrons. The highest BCUT2D eigenvalue weighted by Crippen LogP contribution is 2.17. The molecule has 0 heterocycles. The average molecular weight is 943 g/mol. The van der Waals surface area contributed by atoms with Gasteiger partial charge < -0.3 is 15.5 Å². The van der Waals surface area contributed by atoms with Crippen molar-refractivity contribution in [2.24, 2.45) is 0 Å². The van der Waals surface area contributed by atoms with Crippen LogP contribution >= 0.6 is 0 Å². The van der Waals surface area contributed by atoms with E-state index in [-0.39, 0.29) is 12.5 Å². The first-order valence-corrected chi connectivity index (χ1v) is 29.1. The van der Waals surface area contributed by atoms with E-state index in [4.69, 9.17) is 0 Å². The monoisotopic (exact) mass is 942 g/mol. The molecule has 2 unspecified atom stereocenters. The third kappa shape index (κ3) is 54.0. The molecule has 4 heteroatoms. The maximum absolute atomic E-state index is 12.5. The number of carbonyl (C=O) groups is 1. The summed E-state index contributed by atoms with van der Waals surface area (Å²) in [5, 5.41) is 23.3. The molecule has 68 heavy (non-hydrogen) atoms. The molecule has 0 aliphatic heterocycles. The predicted molar refractivity (Wildman–Crippen MR) is 303 cm³/mol. The van der Waals surface area contributed by atoms with E-state index in [1.807, 2.05) is 0 Å². The molecule has 0 aromatic heterocycles. The summed E-state index contributed by atoms with van der Waals surface area (Å²) in [6.45, 7) is 4.24. The highest BCUT2D eigenvalue weighted by atomic mass is 16.3. The molecule has 0 saturated carbocycles. The summed E-state index contributed by atoms with van der Waals surface area (Å²) < 4.78 is 0. The zero-order valence-corrected chi connectivity index (χ0v) is 44.8. The fraction of sp³-hybridized carbons (Fsp3) is 0.703. The first kappa shape index (κ1) is 65.0. The normalized spacial score (nSPS) is 13.6. The third-order valence-corrected chi connectivity index (χ3v) is 12.8. The van der Waals surface area contributed by atoms with Crippen molar-refractivity contribution in [2.75, 3.05) is 6.61 Å². The van der Waals surface area contributed by atoms with Crippen molar-refractivity contribution >= 4 is 5.91 Å². The fourth-order valence-corrected chi connectivity index (χ4v) is 8.42. The Morgan fingerprint density at radius 3 is 0.912 bits per heavy atom. The van der Waals surface area contributed by atoms with E-state index < -0.39 is 12.1 Å². The molecule has 4 nitrogen and oxygen atoms in total. The number of hydrogen-bond donors (Lipinski definition) is 3. The highest BCUT2D eigenvalue weighted by Gasteiger charge is 2.19. The van der Waals surface area contributed by atoms with Gasteiger partial charge in [-0.05, 0) is 77.0 Å². The predicted octanol–water partition coefficient (Wildman–Crippen LogP) is 19.5. The average Bonchev–Trinajstić information content (AvgIpc) is 3.34. The van der Waals surface area contributed by atoms with Gasteiger partial charge in [-0.2, -0.15) is 0 Å². The van der Waals surface area contributed by atoms with E-state index in [0.717, 1.165) is 83.5 Å². The van der Waals surface area contributed by atoms with Crippen LogP contribution in [0.25, 0.3) is 0 Å². The molecule has 2 atom stereocenters. The highest BCUT2D eigenvalue weighted by molar-refractivity contribution is 5.76. The Balaban J connectivity index is 3.61. The molecule has 0 rings (SSSR count). The molecule has 0 aliphatic rings. The van der Waals surface area contributed by atoms with Gasteiger partial charge in [0.15, 0.2) is 0 Å². The summed E-state index contributed by atoms with van der Waals surface area (Å²) in [6.07, 6.45) is 88.0. The zero-order valence-electron chi connectivity index (χ0n) is 44.8. The van der Waals surface area contributed by atoms with Crippen LogP contribution in [0.3, 0.4) is 0 Å². The molecule has 0 fully saturated rings. The van der Waals surface area contributed by atoms with Crippen molar-refractivity contribution in [3.63, 3.8) is 0 Å². The molecule has 0 saturated heterocycles. The van der Waals surface area contributed by atoms with Gasteiger partial charge >= 0.3 is 0 Å². The smallest absolute Gasteiger partial charge is 0.220 e. The van der Waals surface area contributed by atoms with Crippen LogP contribution in [0.1, 0.15) is 271 Å². The zero-order chi connectivity index (χ0) is 49.2. The number of hydrogen-bond acceptors (Lipinski definition) is 3. The Morgan fingerprint density at radius 2 is 0.632 bits per heavy atom. The lowest BCUT2D eigenvalue weighted by Crippen LogP contribution is -2.45. The molecule has 0 aromatic carbocycles. The second kappa shape index (κ2) is 58.4. The lowest BCUT2D eigenvalue weighted by atomic mass is 10.0. The number of carbonyl (C=O) groups excluding carboxylic acids is 1. The molecule has 0 bridgehead atoms. The van der Waals surface area contributed by atoms with Crippen molar-refractivity contribution in [3.05, 3.63) is 109 Å². The minimum Gasteiger partial charge on any atom is -0.394 e. The lowest BCUT2D eigenvalue weighted by molar-refractivity contribution is -0.123. The number of unbranched alkanes of at least 4 members (excludes halogenated alkanes) is 27. The fourth-order valence-electron chi connectivity index (χ4n) is 8.42. The molecule has 0 aromatic rings. The minimum absolute atomic E-state index is 0.0904. The Bertz CT molecular complexity index is 1300. The number of aliphatic hydroxyl groups excluding tert-OH is 2. The SMILES string of the molecule is CC/C=C\C/C=C\C/C=C\C/C=C\C/C=C\C/C=C\C/C=C\C/C=C\C/C=C\CCCC(=O)NC(CO)C(O)CCCCCCCCCCCCCCCCCCCCCCCCCCCCC. The topological polar surface area (TPSA) is 69.6 Å². The summed E-state index contributed by atoms with van der Waals surface area (Å²) in [7, 11) is 0. The number of aliphatic hydroxyl groups is 2. The van der Waals surface area contributed by atoms with Crippen LogP contribution in [0.4, 0.5) is 0 Å². The Morgan fingerprint density at radius 1 is 0.368 bits per heavy atom. The summed E-state index contributed by atoms with van der Waals surface area (Å²) in [4.78, 5) is 12.5. The van der Waals surface area contributed by atoms with Crippen LogP contribution in [-0.2, 0) is 4.79 Å². The number of rotatable bonds is 52. The van der Waals surface area contributed by atoms with Crippen molar-refractivity contribution in [1.82, 2.24) is 5.32 Å². The number of amides is 1.